The maximum atomic E-state index is 13.6. The van der Waals surface area contributed by atoms with Gasteiger partial charge in [-0.3, -0.25) is 9.59 Å². The molecule has 0 saturated heterocycles. The van der Waals surface area contributed by atoms with Crippen LogP contribution in [0, 0.1) is 5.82 Å². The van der Waals surface area contributed by atoms with Crippen molar-refractivity contribution >= 4 is 28.4 Å². The first-order chi connectivity index (χ1) is 12.1. The summed E-state index contributed by atoms with van der Waals surface area (Å²) in [6.07, 6.45) is 0.713. The van der Waals surface area contributed by atoms with Crippen molar-refractivity contribution in [3.8, 4) is 0 Å². The minimum absolute atomic E-state index is 0.208. The molecule has 3 aromatic rings. The van der Waals surface area contributed by atoms with Gasteiger partial charge in [-0.1, -0.05) is 18.2 Å². The maximum Gasteiger partial charge on any atom is 0.268 e. The molecular weight excluding hydrogens is 339 g/mol. The van der Waals surface area contributed by atoms with Gasteiger partial charge in [-0.15, -0.1) is 11.8 Å². The molecule has 1 aliphatic rings. The van der Waals surface area contributed by atoms with Crippen molar-refractivity contribution in [2.45, 2.75) is 17.4 Å². The van der Waals surface area contributed by atoms with Crippen LogP contribution in [0.5, 0.6) is 0 Å². The third-order valence-corrected chi connectivity index (χ3v) is 5.44. The van der Waals surface area contributed by atoms with E-state index in [1.165, 1.54) is 12.1 Å². The van der Waals surface area contributed by atoms with Gasteiger partial charge in [0.25, 0.3) is 11.5 Å². The lowest BCUT2D eigenvalue weighted by atomic mass is 10.0. The molecule has 0 bridgehead atoms. The number of hydrogen-bond donors (Lipinski definition) is 2. The average molecular weight is 354 g/mol. The van der Waals surface area contributed by atoms with Gasteiger partial charge in [0, 0.05) is 16.0 Å². The average Bonchev–Trinajstić information content (AvgIpc) is 2.62. The van der Waals surface area contributed by atoms with Gasteiger partial charge < -0.3 is 10.3 Å². The fourth-order valence-corrected chi connectivity index (χ4v) is 4.19. The molecule has 6 heteroatoms. The number of fused-ring (bicyclic) bond motifs is 2. The molecule has 0 radical (unpaired) electrons. The van der Waals surface area contributed by atoms with Crippen LogP contribution in [0.4, 0.5) is 4.39 Å². The molecule has 2 N–H and O–H groups in total. The van der Waals surface area contributed by atoms with Gasteiger partial charge in [0.05, 0.1) is 6.04 Å². The number of carbonyl (C=O) groups is 1. The molecule has 2 aromatic carbocycles. The van der Waals surface area contributed by atoms with Crippen molar-refractivity contribution in [1.29, 1.82) is 0 Å². The normalized spacial score (nSPS) is 16.4. The first kappa shape index (κ1) is 15.9. The zero-order valence-electron chi connectivity index (χ0n) is 13.2. The first-order valence-corrected chi connectivity index (χ1v) is 8.95. The lowest BCUT2D eigenvalue weighted by molar-refractivity contribution is 0.0929. The van der Waals surface area contributed by atoms with Crippen LogP contribution in [0.25, 0.3) is 10.8 Å². The second-order valence-electron chi connectivity index (χ2n) is 5.94. The number of aromatic amines is 1. The van der Waals surface area contributed by atoms with Crippen LogP contribution in [0.15, 0.2) is 58.2 Å². The molecule has 0 fully saturated rings. The molecule has 4 rings (SSSR count). The molecule has 1 atom stereocenters. The van der Waals surface area contributed by atoms with E-state index in [2.05, 4.69) is 10.3 Å². The fraction of sp³-hybridized carbons (Fsp3) is 0.158. The van der Waals surface area contributed by atoms with Crippen molar-refractivity contribution in [2.75, 3.05) is 5.75 Å². The highest BCUT2D eigenvalue weighted by Crippen LogP contribution is 2.36. The van der Waals surface area contributed by atoms with Crippen molar-refractivity contribution < 1.29 is 9.18 Å². The fourth-order valence-electron chi connectivity index (χ4n) is 3.08. The van der Waals surface area contributed by atoms with Gasteiger partial charge in [-0.2, -0.15) is 0 Å². The SMILES string of the molecule is O=C(N[C@H]1CCSc2ccc(F)cc21)c1cc2ccccc2c(=O)[nH]1. The van der Waals surface area contributed by atoms with Crippen LogP contribution in [0.1, 0.15) is 28.5 Å². The second kappa shape index (κ2) is 6.37. The lowest BCUT2D eigenvalue weighted by Crippen LogP contribution is -2.32. The lowest BCUT2D eigenvalue weighted by Gasteiger charge is -2.26. The second-order valence-corrected chi connectivity index (χ2v) is 7.08. The molecule has 0 spiro atoms. The van der Waals surface area contributed by atoms with Crippen LogP contribution in [-0.2, 0) is 0 Å². The van der Waals surface area contributed by atoms with Crippen molar-refractivity contribution in [2.24, 2.45) is 0 Å². The van der Waals surface area contributed by atoms with Crippen LogP contribution in [0.2, 0.25) is 0 Å². The summed E-state index contributed by atoms with van der Waals surface area (Å²) in [4.78, 5) is 28.4. The van der Waals surface area contributed by atoms with E-state index < -0.39 is 0 Å². The predicted octanol–water partition coefficient (Wildman–Crippen LogP) is 3.63. The Balaban J connectivity index is 1.66. The van der Waals surface area contributed by atoms with Crippen molar-refractivity contribution in [1.82, 2.24) is 10.3 Å². The third-order valence-electron chi connectivity index (χ3n) is 4.31. The van der Waals surface area contributed by atoms with E-state index in [0.717, 1.165) is 16.2 Å². The van der Waals surface area contributed by atoms with E-state index in [0.29, 0.717) is 17.2 Å². The Bertz CT molecular complexity index is 1030. The van der Waals surface area contributed by atoms with Gasteiger partial charge in [0.15, 0.2) is 0 Å². The molecule has 2 heterocycles. The smallest absolute Gasteiger partial charge is 0.268 e. The summed E-state index contributed by atoms with van der Waals surface area (Å²) in [6.45, 7) is 0. The maximum absolute atomic E-state index is 13.6. The largest absolute Gasteiger partial charge is 0.344 e. The highest BCUT2D eigenvalue weighted by atomic mass is 32.2. The third kappa shape index (κ3) is 3.05. The Kier molecular flexibility index (Phi) is 4.05. The molecule has 0 saturated carbocycles. The number of halogens is 1. The molecule has 1 aliphatic heterocycles. The summed E-state index contributed by atoms with van der Waals surface area (Å²) in [7, 11) is 0. The molecule has 1 amide bonds. The van der Waals surface area contributed by atoms with Crippen LogP contribution < -0.4 is 10.9 Å². The van der Waals surface area contributed by atoms with Crippen LogP contribution >= 0.6 is 11.8 Å². The predicted molar refractivity (Wildman–Crippen MR) is 96.5 cm³/mol. The summed E-state index contributed by atoms with van der Waals surface area (Å²) < 4.78 is 13.6. The number of rotatable bonds is 2. The van der Waals surface area contributed by atoms with E-state index in [9.17, 15) is 14.0 Å². The summed E-state index contributed by atoms with van der Waals surface area (Å²) in [5, 5.41) is 4.17. The molecule has 1 aromatic heterocycles. The van der Waals surface area contributed by atoms with Gasteiger partial charge >= 0.3 is 0 Å². The Morgan fingerprint density at radius 2 is 2.04 bits per heavy atom. The number of hydrogen-bond acceptors (Lipinski definition) is 3. The van der Waals surface area contributed by atoms with Crippen molar-refractivity contribution in [3.05, 3.63) is 76.0 Å². The summed E-state index contributed by atoms with van der Waals surface area (Å²) in [5.41, 5.74) is 0.696. The molecule has 25 heavy (non-hydrogen) atoms. The Labute approximate surface area is 147 Å². The quantitative estimate of drug-likeness (QED) is 0.739. The Hall–Kier alpha value is -2.60. The highest BCUT2D eigenvalue weighted by molar-refractivity contribution is 7.99. The van der Waals surface area contributed by atoms with Gasteiger partial charge in [0.2, 0.25) is 0 Å². The van der Waals surface area contributed by atoms with Crippen molar-refractivity contribution in [3.63, 3.8) is 0 Å². The molecule has 126 valence electrons. The number of aromatic nitrogens is 1. The van der Waals surface area contributed by atoms with Crippen LogP contribution in [-0.4, -0.2) is 16.6 Å². The zero-order chi connectivity index (χ0) is 17.4. The van der Waals surface area contributed by atoms with Gasteiger partial charge in [0.1, 0.15) is 11.5 Å². The Morgan fingerprint density at radius 1 is 1.20 bits per heavy atom. The summed E-state index contributed by atoms with van der Waals surface area (Å²) >= 11 is 1.65. The number of pyridine rings is 1. The molecular formula is C19H15FN2O2S. The standard InChI is InChI=1S/C19H15FN2O2S/c20-12-5-6-17-14(10-12)15(7-8-25-17)21-19(24)16-9-11-3-1-2-4-13(11)18(23)22-16/h1-6,9-10,15H,7-8H2,(H,21,24)(H,22,23)/t15-/m0/s1. The molecule has 0 unspecified atom stereocenters. The van der Waals surface area contributed by atoms with Crippen LogP contribution in [0.3, 0.4) is 0 Å². The molecule has 0 aliphatic carbocycles. The highest BCUT2D eigenvalue weighted by Gasteiger charge is 2.23. The Morgan fingerprint density at radius 3 is 2.92 bits per heavy atom. The minimum atomic E-state index is -0.366. The monoisotopic (exact) mass is 354 g/mol. The first-order valence-electron chi connectivity index (χ1n) is 7.97. The van der Waals surface area contributed by atoms with E-state index >= 15 is 0 Å². The van der Waals surface area contributed by atoms with E-state index in [-0.39, 0.29) is 29.0 Å². The van der Waals surface area contributed by atoms with Gasteiger partial charge in [-0.05, 0) is 47.7 Å². The number of nitrogens with one attached hydrogen (secondary N) is 2. The summed E-state index contributed by atoms with van der Waals surface area (Å²) in [6, 6.07) is 13.1. The number of H-pyrrole nitrogens is 1. The number of benzene rings is 2. The molecule has 4 nitrogen and oxygen atoms in total. The number of amides is 1. The van der Waals surface area contributed by atoms with E-state index in [4.69, 9.17) is 0 Å². The zero-order valence-corrected chi connectivity index (χ0v) is 14.0. The topological polar surface area (TPSA) is 62.0 Å². The van der Waals surface area contributed by atoms with E-state index in [1.54, 1.807) is 42.1 Å². The van der Waals surface area contributed by atoms with E-state index in [1.807, 2.05) is 6.07 Å². The number of carbonyl (C=O) groups excluding carboxylic acids is 1. The minimum Gasteiger partial charge on any atom is -0.344 e. The van der Waals surface area contributed by atoms with Gasteiger partial charge in [-0.25, -0.2) is 4.39 Å². The summed E-state index contributed by atoms with van der Waals surface area (Å²) in [5.74, 6) is 0.159. The number of thioether (sulfide) groups is 1.